The number of nitrogens with zero attached hydrogens (tertiary/aromatic N) is 4. The number of halogens is 1. The molecule has 1 unspecified atom stereocenters. The Balaban J connectivity index is 1.27. The minimum Gasteiger partial charge on any atom is -0.345 e. The molecule has 1 atom stereocenters. The molecule has 188 valence electrons. The molecule has 2 aromatic heterocycles. The number of piperazine rings is 1. The Kier molecular flexibility index (Phi) is 6.60. The van der Waals surface area contributed by atoms with Gasteiger partial charge in [0.05, 0.1) is 19.4 Å². The summed E-state index contributed by atoms with van der Waals surface area (Å²) >= 11 is 8.36. The predicted octanol–water partition coefficient (Wildman–Crippen LogP) is 2.92. The van der Waals surface area contributed by atoms with Crippen LogP contribution in [-0.4, -0.2) is 82.0 Å². The van der Waals surface area contributed by atoms with Crippen LogP contribution in [0.25, 0.3) is 10.2 Å². The van der Waals surface area contributed by atoms with Gasteiger partial charge >= 0.3 is 0 Å². The zero-order valence-electron chi connectivity index (χ0n) is 18.8. The third-order valence-electron chi connectivity index (χ3n) is 6.24. The topological polar surface area (TPSA) is 108 Å². The summed E-state index contributed by atoms with van der Waals surface area (Å²) < 4.78 is 52.6. The smallest absolute Gasteiger partial charge is 0.253 e. The van der Waals surface area contributed by atoms with Crippen LogP contribution in [-0.2, 0) is 24.7 Å². The second-order valence-corrected chi connectivity index (χ2v) is 15.4. The van der Waals surface area contributed by atoms with Crippen LogP contribution in [0, 0.1) is 0 Å². The molecule has 4 heterocycles. The number of sulfonamides is 1. The lowest BCUT2D eigenvalue weighted by atomic mass is 10.2. The van der Waals surface area contributed by atoms with E-state index in [-0.39, 0.29) is 15.0 Å². The van der Waals surface area contributed by atoms with Crippen molar-refractivity contribution in [1.82, 2.24) is 14.2 Å². The summed E-state index contributed by atoms with van der Waals surface area (Å²) in [7, 11) is -7.07. The second-order valence-electron chi connectivity index (χ2n) is 8.54. The fraction of sp³-hybridized carbons (Fsp3) is 0.429. The van der Waals surface area contributed by atoms with Crippen molar-refractivity contribution in [3.63, 3.8) is 0 Å². The third-order valence-corrected chi connectivity index (χ3v) is 12.0. The number of fused-ring (bicyclic) bond motifs is 1. The highest BCUT2D eigenvalue weighted by atomic mass is 35.5. The molecule has 1 aromatic carbocycles. The molecule has 2 aliphatic heterocycles. The van der Waals surface area contributed by atoms with Crippen LogP contribution < -0.4 is 4.90 Å². The summed E-state index contributed by atoms with van der Waals surface area (Å²) in [4.78, 5) is 22.0. The van der Waals surface area contributed by atoms with E-state index in [0.29, 0.717) is 49.9 Å². The van der Waals surface area contributed by atoms with Gasteiger partial charge in [-0.05, 0) is 43.2 Å². The summed E-state index contributed by atoms with van der Waals surface area (Å²) in [6, 6.07) is 7.24. The van der Waals surface area contributed by atoms with Gasteiger partial charge in [-0.2, -0.15) is 4.31 Å². The highest BCUT2D eigenvalue weighted by molar-refractivity contribution is 7.91. The van der Waals surface area contributed by atoms with Gasteiger partial charge in [0.1, 0.15) is 10.3 Å². The highest BCUT2D eigenvalue weighted by Gasteiger charge is 2.42. The standard InChI is InChI=1S/C21H23ClN4O5S4/c1-34(28,29)14-4-5-15-17(13-14)32-21(23-15)25-11-9-24(10-12-25)20(27)16-3-2-8-26(16)35(30,31)19-7-6-18(22)33-19/h4-7,13,16H,2-3,8-12H2,1H3. The van der Waals surface area contributed by atoms with Crippen LogP contribution in [0.1, 0.15) is 12.8 Å². The van der Waals surface area contributed by atoms with Gasteiger partial charge in [0.25, 0.3) is 10.0 Å². The number of rotatable bonds is 5. The molecular weight excluding hydrogens is 552 g/mol. The zero-order valence-corrected chi connectivity index (χ0v) is 22.8. The van der Waals surface area contributed by atoms with Crippen molar-refractivity contribution in [3.8, 4) is 0 Å². The monoisotopic (exact) mass is 574 g/mol. The number of carbonyl (C=O) groups excluding carboxylic acids is 1. The molecule has 0 saturated carbocycles. The molecular formula is C21H23ClN4O5S4. The Hall–Kier alpha value is -1.77. The highest BCUT2D eigenvalue weighted by Crippen LogP contribution is 2.34. The van der Waals surface area contributed by atoms with E-state index in [0.717, 1.165) is 26.7 Å². The summed E-state index contributed by atoms with van der Waals surface area (Å²) in [5.41, 5.74) is 0.733. The van der Waals surface area contributed by atoms with E-state index in [4.69, 9.17) is 11.6 Å². The van der Waals surface area contributed by atoms with Crippen molar-refractivity contribution >= 4 is 75.4 Å². The van der Waals surface area contributed by atoms with Crippen LogP contribution in [0.3, 0.4) is 0 Å². The molecule has 2 fully saturated rings. The maximum absolute atomic E-state index is 13.3. The van der Waals surface area contributed by atoms with Gasteiger partial charge in [0, 0.05) is 39.0 Å². The van der Waals surface area contributed by atoms with Crippen LogP contribution >= 0.6 is 34.3 Å². The summed E-state index contributed by atoms with van der Waals surface area (Å²) in [6.07, 6.45) is 2.31. The molecule has 14 heteroatoms. The minimum atomic E-state index is -3.78. The lowest BCUT2D eigenvalue weighted by Gasteiger charge is -2.37. The number of benzene rings is 1. The second kappa shape index (κ2) is 9.27. The molecule has 3 aromatic rings. The number of carbonyl (C=O) groups is 1. The van der Waals surface area contributed by atoms with E-state index in [1.807, 2.05) is 0 Å². The Morgan fingerprint density at radius 1 is 1.03 bits per heavy atom. The van der Waals surface area contributed by atoms with Crippen molar-refractivity contribution < 1.29 is 21.6 Å². The van der Waals surface area contributed by atoms with Crippen molar-refractivity contribution in [2.24, 2.45) is 0 Å². The third kappa shape index (κ3) is 4.81. The van der Waals surface area contributed by atoms with E-state index in [2.05, 4.69) is 9.88 Å². The predicted molar refractivity (Wildman–Crippen MR) is 138 cm³/mol. The summed E-state index contributed by atoms with van der Waals surface area (Å²) in [5.74, 6) is -0.171. The quantitative estimate of drug-likeness (QED) is 0.461. The Bertz CT molecular complexity index is 1490. The molecule has 0 radical (unpaired) electrons. The number of amides is 1. The Labute approximate surface area is 216 Å². The van der Waals surface area contributed by atoms with Gasteiger partial charge in [-0.1, -0.05) is 22.9 Å². The van der Waals surface area contributed by atoms with Gasteiger partial charge in [-0.25, -0.2) is 21.8 Å². The first-order valence-electron chi connectivity index (χ1n) is 11.0. The van der Waals surface area contributed by atoms with Crippen LogP contribution in [0.2, 0.25) is 4.34 Å². The van der Waals surface area contributed by atoms with Crippen molar-refractivity contribution in [2.45, 2.75) is 28.0 Å². The average Bonchev–Trinajstić information content (AvgIpc) is 3.57. The van der Waals surface area contributed by atoms with E-state index in [1.165, 1.54) is 28.0 Å². The SMILES string of the molecule is CS(=O)(=O)c1ccc2nc(N3CCN(C(=O)C4CCCN4S(=O)(=O)c4ccc(Cl)s4)CC3)sc2c1. The van der Waals surface area contributed by atoms with Crippen molar-refractivity contribution in [1.29, 1.82) is 0 Å². The summed E-state index contributed by atoms with van der Waals surface area (Å²) in [6.45, 7) is 2.35. The molecule has 0 N–H and O–H groups in total. The van der Waals surface area contributed by atoms with Gasteiger partial charge in [0.15, 0.2) is 15.0 Å². The number of hydrogen-bond donors (Lipinski definition) is 0. The van der Waals surface area contributed by atoms with E-state index in [9.17, 15) is 21.6 Å². The number of sulfone groups is 1. The van der Waals surface area contributed by atoms with E-state index in [1.54, 1.807) is 29.2 Å². The van der Waals surface area contributed by atoms with Crippen LogP contribution in [0.15, 0.2) is 39.4 Å². The number of thiophene rings is 1. The van der Waals surface area contributed by atoms with Crippen LogP contribution in [0.5, 0.6) is 0 Å². The average molecular weight is 575 g/mol. The largest absolute Gasteiger partial charge is 0.345 e. The first kappa shape index (κ1) is 24.9. The number of aromatic nitrogens is 1. The normalized spacial score (nSPS) is 20.1. The molecule has 0 bridgehead atoms. The lowest BCUT2D eigenvalue weighted by Crippen LogP contribution is -2.54. The molecule has 0 spiro atoms. The first-order valence-corrected chi connectivity index (χ1v) is 16.3. The first-order chi connectivity index (χ1) is 16.5. The minimum absolute atomic E-state index is 0.155. The van der Waals surface area contributed by atoms with Crippen molar-refractivity contribution in [2.75, 3.05) is 43.9 Å². The van der Waals surface area contributed by atoms with Gasteiger partial charge in [0.2, 0.25) is 5.91 Å². The molecule has 2 saturated heterocycles. The Morgan fingerprint density at radius 3 is 2.43 bits per heavy atom. The summed E-state index contributed by atoms with van der Waals surface area (Å²) in [5, 5.41) is 0.775. The number of thiazole rings is 1. The maximum Gasteiger partial charge on any atom is 0.253 e. The molecule has 35 heavy (non-hydrogen) atoms. The van der Waals surface area contributed by atoms with Gasteiger partial charge in [-0.3, -0.25) is 4.79 Å². The van der Waals surface area contributed by atoms with Crippen molar-refractivity contribution in [3.05, 3.63) is 34.7 Å². The lowest BCUT2D eigenvalue weighted by molar-refractivity contribution is -0.134. The molecule has 5 rings (SSSR count). The number of anilines is 1. The zero-order chi connectivity index (χ0) is 25.0. The molecule has 0 aliphatic carbocycles. The van der Waals surface area contributed by atoms with Gasteiger partial charge in [-0.15, -0.1) is 11.3 Å². The van der Waals surface area contributed by atoms with E-state index < -0.39 is 25.9 Å². The van der Waals surface area contributed by atoms with E-state index >= 15 is 0 Å². The number of hydrogen-bond acceptors (Lipinski definition) is 9. The molecule has 2 aliphatic rings. The Morgan fingerprint density at radius 2 is 1.77 bits per heavy atom. The maximum atomic E-state index is 13.3. The fourth-order valence-electron chi connectivity index (χ4n) is 4.41. The van der Waals surface area contributed by atoms with Crippen LogP contribution in [0.4, 0.5) is 5.13 Å². The fourth-order valence-corrected chi connectivity index (χ4v) is 9.46. The molecule has 1 amide bonds. The van der Waals surface area contributed by atoms with Gasteiger partial charge < -0.3 is 9.80 Å². The molecule has 9 nitrogen and oxygen atoms in total.